The minimum Gasteiger partial charge on any atom is -0.424 e. The van der Waals surface area contributed by atoms with Crippen LogP contribution in [0.4, 0.5) is 0 Å². The molecule has 0 amide bonds. The summed E-state index contributed by atoms with van der Waals surface area (Å²) in [5.74, 6) is 0.806. The Labute approximate surface area is 101 Å². The Morgan fingerprint density at radius 1 is 1.44 bits per heavy atom. The average molecular weight is 258 g/mol. The summed E-state index contributed by atoms with van der Waals surface area (Å²) in [6.45, 7) is 2.47. The molecule has 88 valence electrons. The quantitative estimate of drug-likeness (QED) is 0.776. The average Bonchev–Trinajstić information content (AvgIpc) is 2.28. The minimum absolute atomic E-state index is 0.487. The van der Waals surface area contributed by atoms with Crippen LogP contribution >= 0.6 is 6.72 Å². The topological polar surface area (TPSA) is 27.7 Å². The van der Waals surface area contributed by atoms with Crippen molar-refractivity contribution in [2.24, 2.45) is 0 Å². The predicted molar refractivity (Wildman–Crippen MR) is 67.1 cm³/mol. The van der Waals surface area contributed by atoms with Gasteiger partial charge in [-0.2, -0.15) is 0 Å². The fourth-order valence-electron chi connectivity index (χ4n) is 1.57. The van der Waals surface area contributed by atoms with Crippen molar-refractivity contribution in [1.82, 2.24) is 0 Å². The summed E-state index contributed by atoms with van der Waals surface area (Å²) >= 11 is 5.23. The van der Waals surface area contributed by atoms with Crippen molar-refractivity contribution in [3.63, 3.8) is 0 Å². The lowest BCUT2D eigenvalue weighted by Crippen LogP contribution is -2.09. The molecule has 0 bridgehead atoms. The van der Waals surface area contributed by atoms with E-state index in [0.29, 0.717) is 13.2 Å². The third-order valence-electron chi connectivity index (χ3n) is 2.41. The molecule has 1 aliphatic rings. The van der Waals surface area contributed by atoms with E-state index in [0.717, 1.165) is 17.7 Å². The van der Waals surface area contributed by atoms with Crippen molar-refractivity contribution in [3.05, 3.63) is 29.3 Å². The molecule has 16 heavy (non-hydrogen) atoms. The van der Waals surface area contributed by atoms with Crippen LogP contribution in [0.15, 0.2) is 18.2 Å². The van der Waals surface area contributed by atoms with E-state index >= 15 is 0 Å². The first-order valence-electron chi connectivity index (χ1n) is 5.37. The first-order valence-corrected chi connectivity index (χ1v) is 7.93. The van der Waals surface area contributed by atoms with Crippen LogP contribution in [0.1, 0.15) is 25.0 Å². The van der Waals surface area contributed by atoms with E-state index in [-0.39, 0.29) is 0 Å². The second kappa shape index (κ2) is 4.84. The number of benzene rings is 1. The Hall–Kier alpha value is -0.410. The van der Waals surface area contributed by atoms with E-state index in [4.69, 9.17) is 25.4 Å². The summed E-state index contributed by atoms with van der Waals surface area (Å²) in [6.07, 6.45) is 1.01. The first kappa shape index (κ1) is 12.1. The van der Waals surface area contributed by atoms with Crippen molar-refractivity contribution in [2.75, 3.05) is 6.61 Å². The second-order valence-corrected chi connectivity index (χ2v) is 6.46. The zero-order valence-electron chi connectivity index (χ0n) is 9.43. The van der Waals surface area contributed by atoms with Gasteiger partial charge in [0.05, 0.1) is 13.2 Å². The van der Waals surface area contributed by atoms with Crippen molar-refractivity contribution in [3.8, 4) is 5.75 Å². The molecule has 5 heteroatoms. The maximum atomic E-state index is 5.64. The fourth-order valence-corrected chi connectivity index (χ4v) is 3.50. The predicted octanol–water partition coefficient (Wildman–Crippen LogP) is 3.42. The zero-order valence-corrected chi connectivity index (χ0v) is 11.1. The highest BCUT2D eigenvalue weighted by Crippen LogP contribution is 2.54. The molecular weight excluding hydrogens is 243 g/mol. The van der Waals surface area contributed by atoms with E-state index in [1.54, 1.807) is 0 Å². The molecule has 1 aliphatic heterocycles. The van der Waals surface area contributed by atoms with Crippen molar-refractivity contribution < 1.29 is 13.6 Å². The van der Waals surface area contributed by atoms with Crippen LogP contribution in [0.2, 0.25) is 0 Å². The molecule has 1 atom stereocenters. The van der Waals surface area contributed by atoms with Gasteiger partial charge in [-0.3, -0.25) is 9.05 Å². The van der Waals surface area contributed by atoms with Gasteiger partial charge in [-0.15, -0.1) is 0 Å². The largest absolute Gasteiger partial charge is 0.424 e. The Balaban J connectivity index is 2.25. The monoisotopic (exact) mass is 258 g/mol. The Morgan fingerprint density at radius 3 is 2.94 bits per heavy atom. The lowest BCUT2D eigenvalue weighted by molar-refractivity contribution is 0.185. The standard InChI is InChI=1S/C11H15O3PS/c1-3-9-5-6-11-10(7-9)8-13-15(16,14-11)12-4-2/h5-7H,3-4,8H2,1-2H3. The number of rotatable bonds is 3. The molecule has 0 aliphatic carbocycles. The van der Waals surface area contributed by atoms with Gasteiger partial charge in [0, 0.05) is 17.4 Å². The van der Waals surface area contributed by atoms with Gasteiger partial charge in [0.25, 0.3) is 0 Å². The van der Waals surface area contributed by atoms with Gasteiger partial charge in [0.1, 0.15) is 5.75 Å². The van der Waals surface area contributed by atoms with E-state index in [1.165, 1.54) is 5.56 Å². The lowest BCUT2D eigenvalue weighted by Gasteiger charge is -2.27. The zero-order chi connectivity index (χ0) is 11.6. The van der Waals surface area contributed by atoms with Gasteiger partial charge in [0.15, 0.2) is 0 Å². The molecule has 1 heterocycles. The van der Waals surface area contributed by atoms with Gasteiger partial charge in [-0.05, 0) is 31.0 Å². The molecule has 0 fully saturated rings. The Morgan fingerprint density at radius 2 is 2.25 bits per heavy atom. The summed E-state index contributed by atoms with van der Waals surface area (Å²) in [6, 6.07) is 6.10. The van der Waals surface area contributed by atoms with E-state index in [2.05, 4.69) is 19.1 Å². The molecule has 1 unspecified atom stereocenters. The van der Waals surface area contributed by atoms with E-state index in [1.807, 2.05) is 13.0 Å². The highest BCUT2D eigenvalue weighted by atomic mass is 32.5. The molecule has 0 saturated heterocycles. The van der Waals surface area contributed by atoms with Gasteiger partial charge in [0.2, 0.25) is 0 Å². The van der Waals surface area contributed by atoms with Gasteiger partial charge < -0.3 is 4.52 Å². The number of hydrogen-bond donors (Lipinski definition) is 0. The minimum atomic E-state index is -2.54. The van der Waals surface area contributed by atoms with E-state index in [9.17, 15) is 0 Å². The molecule has 1 aromatic carbocycles. The third-order valence-corrected chi connectivity index (χ3v) is 4.70. The van der Waals surface area contributed by atoms with Crippen LogP contribution < -0.4 is 4.52 Å². The van der Waals surface area contributed by atoms with Crippen molar-refractivity contribution >= 4 is 18.5 Å². The normalized spacial score (nSPS) is 23.6. The first-order chi connectivity index (χ1) is 7.67. The number of hydrogen-bond acceptors (Lipinski definition) is 4. The SMILES string of the molecule is CCOP1(=S)OCc2cc(CC)ccc2O1. The van der Waals surface area contributed by atoms with Crippen LogP contribution in [0.5, 0.6) is 5.75 Å². The van der Waals surface area contributed by atoms with Crippen LogP contribution in [0, 0.1) is 0 Å². The molecule has 2 rings (SSSR count). The molecule has 0 aromatic heterocycles. The van der Waals surface area contributed by atoms with Crippen LogP contribution in [0.3, 0.4) is 0 Å². The van der Waals surface area contributed by atoms with E-state index < -0.39 is 6.72 Å². The molecule has 3 nitrogen and oxygen atoms in total. The number of aryl methyl sites for hydroxylation is 1. The van der Waals surface area contributed by atoms with Crippen LogP contribution in [-0.2, 0) is 33.9 Å². The third kappa shape index (κ3) is 2.46. The molecule has 0 radical (unpaired) electrons. The van der Waals surface area contributed by atoms with Crippen molar-refractivity contribution in [1.29, 1.82) is 0 Å². The molecule has 1 aromatic rings. The van der Waals surface area contributed by atoms with Crippen LogP contribution in [-0.4, -0.2) is 6.61 Å². The highest BCUT2D eigenvalue weighted by Gasteiger charge is 2.28. The fraction of sp³-hybridized carbons (Fsp3) is 0.455. The van der Waals surface area contributed by atoms with Gasteiger partial charge >= 0.3 is 6.72 Å². The van der Waals surface area contributed by atoms with Crippen molar-refractivity contribution in [2.45, 2.75) is 26.9 Å². The Bertz CT molecular complexity index is 433. The molecular formula is C11H15O3PS. The van der Waals surface area contributed by atoms with Gasteiger partial charge in [-0.1, -0.05) is 13.0 Å². The maximum Gasteiger partial charge on any atom is 0.380 e. The van der Waals surface area contributed by atoms with Gasteiger partial charge in [-0.25, -0.2) is 0 Å². The van der Waals surface area contributed by atoms with Crippen LogP contribution in [0.25, 0.3) is 0 Å². The molecule has 0 spiro atoms. The summed E-state index contributed by atoms with van der Waals surface area (Å²) in [5, 5.41) is 0. The Kier molecular flexibility index (Phi) is 3.65. The second-order valence-electron chi connectivity index (χ2n) is 3.53. The molecule has 0 N–H and O–H groups in total. The summed E-state index contributed by atoms with van der Waals surface area (Å²) in [7, 11) is 0. The summed E-state index contributed by atoms with van der Waals surface area (Å²) < 4.78 is 16.5. The smallest absolute Gasteiger partial charge is 0.380 e. The lowest BCUT2D eigenvalue weighted by atomic mass is 10.1. The number of fused-ring (bicyclic) bond motifs is 1. The molecule has 0 saturated carbocycles. The highest BCUT2D eigenvalue weighted by molar-refractivity contribution is 8.07. The summed E-state index contributed by atoms with van der Waals surface area (Å²) in [5.41, 5.74) is 2.33. The maximum absolute atomic E-state index is 5.64. The summed E-state index contributed by atoms with van der Waals surface area (Å²) in [4.78, 5) is 0.